The Kier molecular flexibility index (Phi) is 5.22. The third-order valence-corrected chi connectivity index (χ3v) is 3.96. The van der Waals surface area contributed by atoms with Crippen molar-refractivity contribution in [3.63, 3.8) is 0 Å². The lowest BCUT2D eigenvalue weighted by Crippen LogP contribution is -2.48. The zero-order valence-electron chi connectivity index (χ0n) is 13.4. The first-order valence-electron chi connectivity index (χ1n) is 7.93. The smallest absolute Gasteiger partial charge is 0.320 e. The van der Waals surface area contributed by atoms with Crippen molar-refractivity contribution in [3.8, 4) is 0 Å². The molecule has 24 heavy (non-hydrogen) atoms. The van der Waals surface area contributed by atoms with Gasteiger partial charge in [-0.05, 0) is 11.6 Å². The second kappa shape index (κ2) is 7.74. The molecule has 0 amide bonds. The standard InChI is InChI=1S/C17H20N4O3/c22-16-7-6-15(18-19-16)21-10-8-20(9-11-21)12-17(23)24-13-14-4-2-1-3-5-14/h1-7H,8-13H2,(H,19,22). The van der Waals surface area contributed by atoms with E-state index in [9.17, 15) is 9.59 Å². The van der Waals surface area contributed by atoms with Crippen LogP contribution >= 0.6 is 0 Å². The summed E-state index contributed by atoms with van der Waals surface area (Å²) in [6, 6.07) is 12.8. The average molecular weight is 328 g/mol. The number of nitrogens with zero attached hydrogens (tertiary/aromatic N) is 3. The number of H-pyrrole nitrogens is 1. The monoisotopic (exact) mass is 328 g/mol. The lowest BCUT2D eigenvalue weighted by atomic mass is 10.2. The second-order valence-corrected chi connectivity index (χ2v) is 5.69. The molecule has 7 heteroatoms. The van der Waals surface area contributed by atoms with Crippen molar-refractivity contribution in [1.29, 1.82) is 0 Å². The number of rotatable bonds is 5. The van der Waals surface area contributed by atoms with E-state index in [4.69, 9.17) is 4.74 Å². The first-order valence-corrected chi connectivity index (χ1v) is 7.93. The number of aromatic amines is 1. The van der Waals surface area contributed by atoms with Crippen LogP contribution in [0.25, 0.3) is 0 Å². The maximum absolute atomic E-state index is 11.9. The third-order valence-electron chi connectivity index (χ3n) is 3.96. The number of benzene rings is 1. The molecule has 0 saturated carbocycles. The number of hydrogen-bond donors (Lipinski definition) is 1. The van der Waals surface area contributed by atoms with Crippen molar-refractivity contribution in [2.75, 3.05) is 37.6 Å². The Labute approximate surface area is 139 Å². The summed E-state index contributed by atoms with van der Waals surface area (Å²) in [6.07, 6.45) is 0. The molecule has 1 aliphatic heterocycles. The van der Waals surface area contributed by atoms with Crippen molar-refractivity contribution in [1.82, 2.24) is 15.1 Å². The van der Waals surface area contributed by atoms with Crippen molar-refractivity contribution >= 4 is 11.8 Å². The lowest BCUT2D eigenvalue weighted by molar-refractivity contribution is -0.146. The summed E-state index contributed by atoms with van der Waals surface area (Å²) in [6.45, 7) is 3.61. The molecule has 1 aliphatic rings. The predicted molar refractivity (Wildman–Crippen MR) is 89.7 cm³/mol. The van der Waals surface area contributed by atoms with E-state index in [0.717, 1.165) is 37.6 Å². The third kappa shape index (κ3) is 4.42. The highest BCUT2D eigenvalue weighted by molar-refractivity contribution is 5.71. The molecule has 0 aliphatic carbocycles. The maximum atomic E-state index is 11.9. The predicted octanol–water partition coefficient (Wildman–Crippen LogP) is 0.635. The Morgan fingerprint density at radius 2 is 1.83 bits per heavy atom. The maximum Gasteiger partial charge on any atom is 0.320 e. The van der Waals surface area contributed by atoms with Crippen molar-refractivity contribution in [3.05, 3.63) is 58.4 Å². The molecule has 2 aromatic rings. The van der Waals surface area contributed by atoms with Gasteiger partial charge in [-0.3, -0.25) is 14.5 Å². The summed E-state index contributed by atoms with van der Waals surface area (Å²) in [5.74, 6) is 0.537. The number of ether oxygens (including phenoxy) is 1. The van der Waals surface area contributed by atoms with Crippen LogP contribution in [0, 0.1) is 0 Å². The van der Waals surface area contributed by atoms with Crippen LogP contribution in [0.4, 0.5) is 5.82 Å². The van der Waals surface area contributed by atoms with Gasteiger partial charge >= 0.3 is 5.97 Å². The number of piperazine rings is 1. The van der Waals surface area contributed by atoms with Crippen molar-refractivity contribution < 1.29 is 9.53 Å². The van der Waals surface area contributed by atoms with Crippen molar-refractivity contribution in [2.45, 2.75) is 6.61 Å². The highest BCUT2D eigenvalue weighted by atomic mass is 16.5. The van der Waals surface area contributed by atoms with Gasteiger partial charge in [-0.25, -0.2) is 5.10 Å². The second-order valence-electron chi connectivity index (χ2n) is 5.69. The number of anilines is 1. The molecule has 1 N–H and O–H groups in total. The Bertz CT molecular complexity index is 704. The van der Waals surface area contributed by atoms with Crippen LogP contribution < -0.4 is 10.5 Å². The highest BCUT2D eigenvalue weighted by Crippen LogP contribution is 2.11. The zero-order chi connectivity index (χ0) is 16.8. The Morgan fingerprint density at radius 3 is 2.50 bits per heavy atom. The van der Waals surface area contributed by atoms with E-state index >= 15 is 0 Å². The molecular formula is C17H20N4O3. The first-order chi connectivity index (χ1) is 11.7. The topological polar surface area (TPSA) is 78.5 Å². The molecule has 1 aromatic carbocycles. The molecule has 1 fully saturated rings. The Balaban J connectivity index is 1.42. The fourth-order valence-electron chi connectivity index (χ4n) is 2.61. The number of nitrogens with one attached hydrogen (secondary N) is 1. The Morgan fingerprint density at radius 1 is 1.08 bits per heavy atom. The molecule has 0 atom stereocenters. The molecule has 0 spiro atoms. The number of esters is 1. The Hall–Kier alpha value is -2.67. The number of carbonyl (C=O) groups excluding carboxylic acids is 1. The van der Waals surface area contributed by atoms with E-state index in [1.165, 1.54) is 6.07 Å². The molecule has 0 unspecified atom stereocenters. The summed E-state index contributed by atoms with van der Waals surface area (Å²) < 4.78 is 5.31. The van der Waals surface area contributed by atoms with Crippen LogP contribution in [-0.4, -0.2) is 53.8 Å². The van der Waals surface area contributed by atoms with Gasteiger partial charge in [0.2, 0.25) is 0 Å². The van der Waals surface area contributed by atoms with E-state index in [1.54, 1.807) is 6.07 Å². The van der Waals surface area contributed by atoms with E-state index in [1.807, 2.05) is 30.3 Å². The van der Waals surface area contributed by atoms with Gasteiger partial charge in [0.25, 0.3) is 5.56 Å². The molecule has 1 aromatic heterocycles. The normalized spacial score (nSPS) is 15.2. The van der Waals surface area contributed by atoms with E-state index in [-0.39, 0.29) is 11.5 Å². The van der Waals surface area contributed by atoms with Gasteiger partial charge in [0.05, 0.1) is 6.54 Å². The van der Waals surface area contributed by atoms with Crippen LogP contribution in [0.3, 0.4) is 0 Å². The minimum absolute atomic E-state index is 0.210. The first kappa shape index (κ1) is 16.2. The molecule has 7 nitrogen and oxygen atoms in total. The summed E-state index contributed by atoms with van der Waals surface area (Å²) in [4.78, 5) is 27.1. The number of carbonyl (C=O) groups is 1. The quantitative estimate of drug-likeness (QED) is 0.812. The van der Waals surface area contributed by atoms with Crippen LogP contribution in [0.2, 0.25) is 0 Å². The molecule has 126 valence electrons. The zero-order valence-corrected chi connectivity index (χ0v) is 13.4. The molecule has 1 saturated heterocycles. The van der Waals surface area contributed by atoms with Gasteiger partial charge in [0.1, 0.15) is 12.4 Å². The SMILES string of the molecule is O=C(CN1CCN(c2ccc(=O)[nH]n2)CC1)OCc1ccccc1. The fraction of sp³-hybridized carbons (Fsp3) is 0.353. The van der Waals surface area contributed by atoms with Gasteiger partial charge in [-0.1, -0.05) is 30.3 Å². The van der Waals surface area contributed by atoms with Crippen LogP contribution in [0.15, 0.2) is 47.3 Å². The fourth-order valence-corrected chi connectivity index (χ4v) is 2.61. The minimum atomic E-state index is -0.213. The summed E-state index contributed by atoms with van der Waals surface area (Å²) in [5.41, 5.74) is 0.776. The lowest BCUT2D eigenvalue weighted by Gasteiger charge is -2.34. The highest BCUT2D eigenvalue weighted by Gasteiger charge is 2.20. The molecular weight excluding hydrogens is 308 g/mol. The van der Waals surface area contributed by atoms with Gasteiger partial charge in [0.15, 0.2) is 0 Å². The van der Waals surface area contributed by atoms with Gasteiger partial charge in [-0.15, -0.1) is 0 Å². The molecule has 2 heterocycles. The van der Waals surface area contributed by atoms with Crippen molar-refractivity contribution in [2.24, 2.45) is 0 Å². The minimum Gasteiger partial charge on any atom is -0.460 e. The van der Waals surface area contributed by atoms with E-state index < -0.39 is 0 Å². The molecule has 0 radical (unpaired) electrons. The van der Waals surface area contributed by atoms with Gasteiger partial charge in [0, 0.05) is 32.2 Å². The van der Waals surface area contributed by atoms with Crippen LogP contribution in [0.5, 0.6) is 0 Å². The largest absolute Gasteiger partial charge is 0.460 e. The van der Waals surface area contributed by atoms with Crippen LogP contribution in [0.1, 0.15) is 5.56 Å². The van der Waals surface area contributed by atoms with Gasteiger partial charge < -0.3 is 9.64 Å². The average Bonchev–Trinajstić information content (AvgIpc) is 2.62. The number of hydrogen-bond acceptors (Lipinski definition) is 6. The summed E-state index contributed by atoms with van der Waals surface area (Å²) in [5, 5.41) is 6.47. The molecule has 0 bridgehead atoms. The van der Waals surface area contributed by atoms with E-state index in [0.29, 0.717) is 13.2 Å². The van der Waals surface area contributed by atoms with Crippen LogP contribution in [-0.2, 0) is 16.1 Å². The van der Waals surface area contributed by atoms with Gasteiger partial charge in [-0.2, -0.15) is 5.10 Å². The summed E-state index contributed by atoms with van der Waals surface area (Å²) >= 11 is 0. The number of aromatic nitrogens is 2. The molecule has 3 rings (SSSR count). The van der Waals surface area contributed by atoms with E-state index in [2.05, 4.69) is 20.0 Å². The summed E-state index contributed by atoms with van der Waals surface area (Å²) in [7, 11) is 0.